The first-order valence-electron chi connectivity index (χ1n) is 6.59. The molecular formula is C13H19F2N3O. The second kappa shape index (κ2) is 6.65. The zero-order valence-electron chi connectivity index (χ0n) is 11.1. The van der Waals surface area contributed by atoms with Crippen LogP contribution in [-0.4, -0.2) is 43.2 Å². The fourth-order valence-electron chi connectivity index (χ4n) is 2.18. The Morgan fingerprint density at radius 2 is 2.00 bits per heavy atom. The first-order valence-corrected chi connectivity index (χ1v) is 6.59. The molecule has 0 aromatic carbocycles. The predicted octanol–water partition coefficient (Wildman–Crippen LogP) is 2.27. The molecule has 0 unspecified atom stereocenters. The van der Waals surface area contributed by atoms with E-state index < -0.39 is 11.6 Å². The van der Waals surface area contributed by atoms with Gasteiger partial charge in [-0.2, -0.15) is 4.98 Å². The molecule has 2 heterocycles. The van der Waals surface area contributed by atoms with Gasteiger partial charge in [0.05, 0.1) is 0 Å². The molecule has 19 heavy (non-hydrogen) atoms. The van der Waals surface area contributed by atoms with Crippen LogP contribution >= 0.6 is 0 Å². The second-order valence-electron chi connectivity index (χ2n) is 4.61. The summed E-state index contributed by atoms with van der Waals surface area (Å²) in [6.45, 7) is 3.22. The maximum absolute atomic E-state index is 13.5. The van der Waals surface area contributed by atoms with E-state index in [9.17, 15) is 8.78 Å². The average molecular weight is 271 g/mol. The molecule has 1 N–H and O–H groups in total. The van der Waals surface area contributed by atoms with Gasteiger partial charge in [-0.15, -0.1) is 0 Å². The monoisotopic (exact) mass is 271 g/mol. The SMILES string of the molecule is CNc1nc(OCCN2CCCCC2)c(F)cc1F. The zero-order chi connectivity index (χ0) is 13.7. The molecule has 1 aromatic heterocycles. The molecule has 1 aliphatic rings. The summed E-state index contributed by atoms with van der Waals surface area (Å²) in [6.07, 6.45) is 3.68. The van der Waals surface area contributed by atoms with Gasteiger partial charge in [-0.1, -0.05) is 6.42 Å². The van der Waals surface area contributed by atoms with Crippen molar-refractivity contribution in [2.45, 2.75) is 19.3 Å². The van der Waals surface area contributed by atoms with Gasteiger partial charge >= 0.3 is 0 Å². The fourth-order valence-corrected chi connectivity index (χ4v) is 2.18. The number of halogens is 2. The van der Waals surface area contributed by atoms with E-state index in [4.69, 9.17) is 4.74 Å². The summed E-state index contributed by atoms with van der Waals surface area (Å²) in [5.41, 5.74) is 0. The minimum atomic E-state index is -0.768. The highest BCUT2D eigenvalue weighted by atomic mass is 19.1. The topological polar surface area (TPSA) is 37.4 Å². The van der Waals surface area contributed by atoms with Crippen LogP contribution in [-0.2, 0) is 0 Å². The van der Waals surface area contributed by atoms with Crippen LogP contribution in [0.25, 0.3) is 0 Å². The van der Waals surface area contributed by atoms with Gasteiger partial charge in [0.25, 0.3) is 5.88 Å². The van der Waals surface area contributed by atoms with Crippen molar-refractivity contribution < 1.29 is 13.5 Å². The minimum Gasteiger partial charge on any atom is -0.474 e. The lowest BCUT2D eigenvalue weighted by atomic mass is 10.1. The number of anilines is 1. The Kier molecular flexibility index (Phi) is 4.90. The highest BCUT2D eigenvalue weighted by Crippen LogP contribution is 2.20. The molecule has 0 spiro atoms. The van der Waals surface area contributed by atoms with Crippen molar-refractivity contribution in [3.05, 3.63) is 17.7 Å². The van der Waals surface area contributed by atoms with E-state index in [1.54, 1.807) is 0 Å². The number of ether oxygens (including phenoxy) is 1. The molecule has 4 nitrogen and oxygen atoms in total. The standard InChI is InChI=1S/C13H19F2N3O/c1-16-12-10(14)9-11(15)13(17-12)19-8-7-18-5-3-2-4-6-18/h9H,2-8H2,1H3,(H,16,17). The van der Waals surface area contributed by atoms with Gasteiger partial charge < -0.3 is 10.1 Å². The van der Waals surface area contributed by atoms with Gasteiger partial charge in [-0.25, -0.2) is 8.78 Å². The zero-order valence-corrected chi connectivity index (χ0v) is 11.1. The summed E-state index contributed by atoms with van der Waals surface area (Å²) in [6, 6.07) is 0.787. The van der Waals surface area contributed by atoms with Crippen LogP contribution in [0.15, 0.2) is 6.07 Å². The highest BCUT2D eigenvalue weighted by molar-refractivity contribution is 5.38. The van der Waals surface area contributed by atoms with Crippen molar-refractivity contribution in [1.82, 2.24) is 9.88 Å². The van der Waals surface area contributed by atoms with E-state index in [-0.39, 0.29) is 11.7 Å². The number of aromatic nitrogens is 1. The van der Waals surface area contributed by atoms with E-state index in [0.29, 0.717) is 6.61 Å². The van der Waals surface area contributed by atoms with Gasteiger partial charge in [-0.3, -0.25) is 4.90 Å². The number of hydrogen-bond acceptors (Lipinski definition) is 4. The molecule has 0 saturated carbocycles. The molecule has 2 rings (SSSR count). The Hall–Kier alpha value is -1.43. The van der Waals surface area contributed by atoms with Crippen LogP contribution in [0, 0.1) is 11.6 Å². The Morgan fingerprint density at radius 1 is 1.26 bits per heavy atom. The number of hydrogen-bond donors (Lipinski definition) is 1. The first kappa shape index (κ1) is 14.0. The molecule has 0 amide bonds. The summed E-state index contributed by atoms with van der Waals surface area (Å²) in [5.74, 6) is -1.64. The van der Waals surface area contributed by atoms with Crippen LogP contribution in [0.2, 0.25) is 0 Å². The van der Waals surface area contributed by atoms with Gasteiger partial charge in [0.1, 0.15) is 6.61 Å². The number of rotatable bonds is 5. The lowest BCUT2D eigenvalue weighted by Crippen LogP contribution is -2.33. The second-order valence-corrected chi connectivity index (χ2v) is 4.61. The Morgan fingerprint density at radius 3 is 2.68 bits per heavy atom. The molecule has 0 aliphatic carbocycles. The Bertz CT molecular complexity index is 423. The van der Waals surface area contributed by atoms with Crippen LogP contribution in [0.1, 0.15) is 19.3 Å². The summed E-state index contributed by atoms with van der Waals surface area (Å²) >= 11 is 0. The van der Waals surface area contributed by atoms with Gasteiger partial charge in [-0.05, 0) is 25.9 Å². The van der Waals surface area contributed by atoms with Crippen molar-refractivity contribution in [3.63, 3.8) is 0 Å². The number of likely N-dealkylation sites (tertiary alicyclic amines) is 1. The number of piperidine rings is 1. The van der Waals surface area contributed by atoms with Crippen LogP contribution < -0.4 is 10.1 Å². The quantitative estimate of drug-likeness (QED) is 0.891. The molecule has 1 aliphatic heterocycles. The average Bonchev–Trinajstić information content (AvgIpc) is 2.42. The van der Waals surface area contributed by atoms with Crippen LogP contribution in [0.4, 0.5) is 14.6 Å². The van der Waals surface area contributed by atoms with E-state index >= 15 is 0 Å². The molecule has 0 bridgehead atoms. The normalized spacial score (nSPS) is 16.4. The van der Waals surface area contributed by atoms with E-state index in [1.165, 1.54) is 26.3 Å². The summed E-state index contributed by atoms with van der Waals surface area (Å²) in [5, 5.41) is 2.56. The summed E-state index contributed by atoms with van der Waals surface area (Å²) in [7, 11) is 1.53. The third-order valence-corrected chi connectivity index (χ3v) is 3.23. The number of nitrogens with one attached hydrogen (secondary N) is 1. The van der Waals surface area contributed by atoms with Crippen molar-refractivity contribution in [2.24, 2.45) is 0 Å². The molecular weight excluding hydrogens is 252 g/mol. The Balaban J connectivity index is 1.88. The van der Waals surface area contributed by atoms with Crippen LogP contribution in [0.3, 0.4) is 0 Å². The third-order valence-electron chi connectivity index (χ3n) is 3.23. The lowest BCUT2D eigenvalue weighted by molar-refractivity contribution is 0.177. The predicted molar refractivity (Wildman–Crippen MR) is 69.5 cm³/mol. The smallest absolute Gasteiger partial charge is 0.252 e. The van der Waals surface area contributed by atoms with E-state index in [2.05, 4.69) is 15.2 Å². The molecule has 6 heteroatoms. The maximum atomic E-state index is 13.5. The number of nitrogens with zero attached hydrogens (tertiary/aromatic N) is 2. The minimum absolute atomic E-state index is 0.00521. The first-order chi connectivity index (χ1) is 9.20. The molecule has 0 radical (unpaired) electrons. The van der Waals surface area contributed by atoms with E-state index in [1.807, 2.05) is 0 Å². The van der Waals surface area contributed by atoms with Crippen LogP contribution in [0.5, 0.6) is 5.88 Å². The van der Waals surface area contributed by atoms with Crippen molar-refractivity contribution in [1.29, 1.82) is 0 Å². The van der Waals surface area contributed by atoms with Crippen molar-refractivity contribution in [3.8, 4) is 5.88 Å². The lowest BCUT2D eigenvalue weighted by Gasteiger charge is -2.26. The van der Waals surface area contributed by atoms with E-state index in [0.717, 1.165) is 25.7 Å². The van der Waals surface area contributed by atoms with Crippen molar-refractivity contribution in [2.75, 3.05) is 38.6 Å². The fraction of sp³-hybridized carbons (Fsp3) is 0.615. The van der Waals surface area contributed by atoms with Gasteiger partial charge in [0.2, 0.25) is 0 Å². The van der Waals surface area contributed by atoms with Crippen molar-refractivity contribution >= 4 is 5.82 Å². The highest BCUT2D eigenvalue weighted by Gasteiger charge is 2.13. The largest absolute Gasteiger partial charge is 0.474 e. The molecule has 1 saturated heterocycles. The number of pyridine rings is 1. The van der Waals surface area contributed by atoms with Gasteiger partial charge in [0, 0.05) is 19.7 Å². The summed E-state index contributed by atoms with van der Waals surface area (Å²) in [4.78, 5) is 6.05. The maximum Gasteiger partial charge on any atom is 0.252 e. The third kappa shape index (κ3) is 3.76. The summed E-state index contributed by atoms with van der Waals surface area (Å²) < 4.78 is 32.0. The molecule has 0 atom stereocenters. The molecule has 1 aromatic rings. The Labute approximate surface area is 111 Å². The molecule has 1 fully saturated rings. The molecule has 106 valence electrons. The van der Waals surface area contributed by atoms with Gasteiger partial charge in [0.15, 0.2) is 17.5 Å².